The minimum absolute atomic E-state index is 0.0419. The fraction of sp³-hybridized carbons (Fsp3) is 0.692. The summed E-state index contributed by atoms with van der Waals surface area (Å²) >= 11 is 1.61. The molecule has 0 aromatic carbocycles. The third-order valence-corrected chi connectivity index (χ3v) is 4.28. The first-order valence-corrected chi connectivity index (χ1v) is 7.23. The van der Waals surface area contributed by atoms with Crippen LogP contribution in [0.1, 0.15) is 31.6 Å². The first-order chi connectivity index (χ1) is 8.52. The minimum Gasteiger partial charge on any atom is -0.336 e. The van der Waals surface area contributed by atoms with Crippen LogP contribution in [0.4, 0.5) is 0 Å². The van der Waals surface area contributed by atoms with Gasteiger partial charge in [0, 0.05) is 17.6 Å². The summed E-state index contributed by atoms with van der Waals surface area (Å²) in [4.78, 5) is 19.6. The molecular formula is C13H21N3OS. The van der Waals surface area contributed by atoms with E-state index < -0.39 is 0 Å². The number of carbonyl (C=O) groups is 1. The van der Waals surface area contributed by atoms with Crippen LogP contribution in [0.5, 0.6) is 0 Å². The summed E-state index contributed by atoms with van der Waals surface area (Å²) in [6.07, 6.45) is 3.84. The average molecular weight is 267 g/mol. The molecule has 0 saturated carbocycles. The molecule has 1 N–H and O–H groups in total. The molecule has 1 aromatic rings. The van der Waals surface area contributed by atoms with Crippen molar-refractivity contribution in [2.45, 2.75) is 39.3 Å². The molecule has 0 radical (unpaired) electrons. The fourth-order valence-corrected chi connectivity index (χ4v) is 3.07. The number of rotatable bonds is 3. The Labute approximate surface area is 112 Å². The number of nitrogens with zero attached hydrogens (tertiary/aromatic N) is 2. The second-order valence-corrected chi connectivity index (χ2v) is 6.68. The molecular weight excluding hydrogens is 246 g/mol. The molecule has 1 unspecified atom stereocenters. The van der Waals surface area contributed by atoms with Gasteiger partial charge >= 0.3 is 0 Å². The van der Waals surface area contributed by atoms with Gasteiger partial charge in [-0.2, -0.15) is 0 Å². The molecule has 18 heavy (non-hydrogen) atoms. The zero-order valence-corrected chi connectivity index (χ0v) is 12.1. The summed E-state index contributed by atoms with van der Waals surface area (Å²) in [5, 5.41) is 3.14. The number of thiazole rings is 1. The van der Waals surface area contributed by atoms with Crippen molar-refractivity contribution < 1.29 is 4.79 Å². The molecule has 4 nitrogen and oxygen atoms in total. The molecule has 1 aromatic heterocycles. The van der Waals surface area contributed by atoms with Crippen LogP contribution in [-0.4, -0.2) is 35.4 Å². The van der Waals surface area contributed by atoms with E-state index in [0.717, 1.165) is 24.3 Å². The normalized spacial score (nSPS) is 24.1. The van der Waals surface area contributed by atoms with Crippen LogP contribution in [0.15, 0.2) is 11.7 Å². The molecule has 2 heterocycles. The van der Waals surface area contributed by atoms with Crippen LogP contribution in [0, 0.1) is 5.41 Å². The first kappa shape index (κ1) is 13.5. The van der Waals surface area contributed by atoms with Gasteiger partial charge in [-0.25, -0.2) is 0 Å². The summed E-state index contributed by atoms with van der Waals surface area (Å²) in [6.45, 7) is 5.98. The van der Waals surface area contributed by atoms with Gasteiger partial charge in [0.25, 0.3) is 0 Å². The van der Waals surface area contributed by atoms with Crippen LogP contribution in [0.2, 0.25) is 0 Å². The van der Waals surface area contributed by atoms with E-state index in [1.165, 1.54) is 0 Å². The van der Waals surface area contributed by atoms with Crippen molar-refractivity contribution in [3.05, 3.63) is 16.6 Å². The van der Waals surface area contributed by atoms with E-state index in [1.54, 1.807) is 11.3 Å². The number of likely N-dealkylation sites (tertiary alicyclic amines) is 1. The molecule has 1 aliphatic heterocycles. The van der Waals surface area contributed by atoms with Gasteiger partial charge in [0.2, 0.25) is 5.91 Å². The monoisotopic (exact) mass is 267 g/mol. The molecule has 0 bridgehead atoms. The van der Waals surface area contributed by atoms with Crippen molar-refractivity contribution in [3.8, 4) is 0 Å². The van der Waals surface area contributed by atoms with Crippen molar-refractivity contribution in [2.75, 3.05) is 13.6 Å². The van der Waals surface area contributed by atoms with Crippen LogP contribution in [0.25, 0.3) is 0 Å². The second kappa shape index (κ2) is 5.36. The highest BCUT2D eigenvalue weighted by molar-refractivity contribution is 7.09. The van der Waals surface area contributed by atoms with Crippen molar-refractivity contribution in [2.24, 2.45) is 5.41 Å². The van der Waals surface area contributed by atoms with E-state index in [4.69, 9.17) is 0 Å². The number of hydrogen-bond acceptors (Lipinski definition) is 4. The number of carbonyl (C=O) groups excluding carboxylic acids is 1. The lowest BCUT2D eigenvalue weighted by molar-refractivity contribution is -0.134. The Morgan fingerprint density at radius 2 is 2.39 bits per heavy atom. The number of amides is 1. The van der Waals surface area contributed by atoms with E-state index in [2.05, 4.69) is 24.1 Å². The molecule has 2 rings (SSSR count). The highest BCUT2D eigenvalue weighted by Crippen LogP contribution is 2.29. The summed E-state index contributed by atoms with van der Waals surface area (Å²) < 4.78 is 0. The lowest BCUT2D eigenvalue weighted by Crippen LogP contribution is -2.44. The van der Waals surface area contributed by atoms with Gasteiger partial charge in [0.1, 0.15) is 0 Å². The summed E-state index contributed by atoms with van der Waals surface area (Å²) in [6, 6.07) is -0.0419. The fourth-order valence-electron chi connectivity index (χ4n) is 2.46. The van der Waals surface area contributed by atoms with Crippen molar-refractivity contribution in [1.82, 2.24) is 15.2 Å². The Balaban J connectivity index is 2.15. The largest absolute Gasteiger partial charge is 0.336 e. The Morgan fingerprint density at radius 1 is 1.61 bits per heavy atom. The lowest BCUT2D eigenvalue weighted by Gasteiger charge is -2.29. The maximum atomic E-state index is 12.4. The van der Waals surface area contributed by atoms with Gasteiger partial charge in [0.15, 0.2) is 0 Å². The molecule has 100 valence electrons. The average Bonchev–Trinajstić information content (AvgIpc) is 2.77. The van der Waals surface area contributed by atoms with E-state index in [-0.39, 0.29) is 17.4 Å². The number of hydrogen-bond donors (Lipinski definition) is 1. The zero-order valence-electron chi connectivity index (χ0n) is 11.3. The van der Waals surface area contributed by atoms with Gasteiger partial charge in [-0.15, -0.1) is 11.3 Å². The highest BCUT2D eigenvalue weighted by Gasteiger charge is 2.33. The van der Waals surface area contributed by atoms with Crippen LogP contribution in [0.3, 0.4) is 0 Å². The van der Waals surface area contributed by atoms with E-state index in [1.807, 2.05) is 23.7 Å². The van der Waals surface area contributed by atoms with Gasteiger partial charge < -0.3 is 10.2 Å². The summed E-state index contributed by atoms with van der Waals surface area (Å²) in [5.74, 6) is 0.219. The predicted octanol–water partition coefficient (Wildman–Crippen LogP) is 1.88. The zero-order chi connectivity index (χ0) is 13.2. The number of aromatic nitrogens is 1. The quantitative estimate of drug-likeness (QED) is 0.909. The first-order valence-electron chi connectivity index (χ1n) is 6.35. The van der Waals surface area contributed by atoms with E-state index in [9.17, 15) is 4.79 Å². The van der Waals surface area contributed by atoms with Crippen LogP contribution >= 0.6 is 11.3 Å². The smallest absolute Gasteiger partial charge is 0.240 e. The molecule has 1 amide bonds. The van der Waals surface area contributed by atoms with Gasteiger partial charge in [-0.1, -0.05) is 13.8 Å². The van der Waals surface area contributed by atoms with Crippen LogP contribution < -0.4 is 5.32 Å². The number of likely N-dealkylation sites (N-methyl/N-ethyl adjacent to an activating group) is 1. The molecule has 1 aliphatic rings. The highest BCUT2D eigenvalue weighted by atomic mass is 32.1. The lowest BCUT2D eigenvalue weighted by atomic mass is 9.87. The molecule has 1 atom stereocenters. The second-order valence-electron chi connectivity index (χ2n) is 5.71. The summed E-state index contributed by atoms with van der Waals surface area (Å²) in [5.41, 5.74) is 2.00. The third kappa shape index (κ3) is 3.09. The third-order valence-electron chi connectivity index (χ3n) is 3.52. The molecule has 0 spiro atoms. The van der Waals surface area contributed by atoms with Gasteiger partial charge in [0.05, 0.1) is 18.1 Å². The maximum Gasteiger partial charge on any atom is 0.240 e. The Kier molecular flexibility index (Phi) is 4.02. The number of nitrogens with one attached hydrogen (secondary N) is 1. The molecule has 1 fully saturated rings. The summed E-state index contributed by atoms with van der Waals surface area (Å²) in [7, 11) is 1.87. The molecule has 0 aliphatic carbocycles. The van der Waals surface area contributed by atoms with E-state index in [0.29, 0.717) is 6.54 Å². The minimum atomic E-state index is -0.0419. The van der Waals surface area contributed by atoms with Gasteiger partial charge in [-0.3, -0.25) is 9.78 Å². The van der Waals surface area contributed by atoms with Crippen LogP contribution in [-0.2, 0) is 11.3 Å². The molecule has 5 heteroatoms. The topological polar surface area (TPSA) is 45.2 Å². The SMILES string of the molecule is CNC1CCC(C)(C)CN(Cc2cncs2)C1=O. The standard InChI is InChI=1S/C13H21N3OS/c1-13(2)5-4-11(14-3)12(17)16(8-13)7-10-6-15-9-18-10/h6,9,11,14H,4-5,7-8H2,1-3H3. The van der Waals surface area contributed by atoms with Gasteiger partial charge in [-0.05, 0) is 25.3 Å². The Morgan fingerprint density at radius 3 is 3.00 bits per heavy atom. The molecule has 1 saturated heterocycles. The Hall–Kier alpha value is -0.940. The van der Waals surface area contributed by atoms with Crippen molar-refractivity contribution in [3.63, 3.8) is 0 Å². The Bertz CT molecular complexity index is 402. The predicted molar refractivity (Wildman–Crippen MR) is 73.4 cm³/mol. The van der Waals surface area contributed by atoms with Crippen molar-refractivity contribution in [1.29, 1.82) is 0 Å². The van der Waals surface area contributed by atoms with Crippen molar-refractivity contribution >= 4 is 17.2 Å². The maximum absolute atomic E-state index is 12.4. The van der Waals surface area contributed by atoms with E-state index >= 15 is 0 Å².